The maximum absolute atomic E-state index is 13.5. The van der Waals surface area contributed by atoms with Crippen LogP contribution in [0.5, 0.6) is 0 Å². The van der Waals surface area contributed by atoms with Gasteiger partial charge < -0.3 is 14.6 Å². The van der Waals surface area contributed by atoms with Crippen LogP contribution < -0.4 is 5.32 Å². The molecule has 1 amide bonds. The number of halogens is 1. The number of amides is 1. The number of sulfone groups is 1. The Balaban J connectivity index is 1.49. The smallest absolute Gasteiger partial charge is 0.239 e. The van der Waals surface area contributed by atoms with E-state index in [0.29, 0.717) is 36.2 Å². The molecule has 1 aromatic heterocycles. The number of ether oxygens (including phenoxy) is 1. The predicted molar refractivity (Wildman–Crippen MR) is 119 cm³/mol. The van der Waals surface area contributed by atoms with Crippen LogP contribution in [-0.2, 0) is 31.7 Å². The van der Waals surface area contributed by atoms with Gasteiger partial charge in [-0.3, -0.25) is 9.69 Å². The molecule has 0 aliphatic carbocycles. The van der Waals surface area contributed by atoms with Gasteiger partial charge in [-0.25, -0.2) is 12.8 Å². The Morgan fingerprint density at radius 3 is 2.66 bits per heavy atom. The Labute approximate surface area is 186 Å². The minimum absolute atomic E-state index is 0.0130. The van der Waals surface area contributed by atoms with Crippen molar-refractivity contribution in [2.45, 2.75) is 17.2 Å². The second-order valence-electron chi connectivity index (χ2n) is 7.83. The lowest BCUT2D eigenvalue weighted by Gasteiger charge is -2.26. The van der Waals surface area contributed by atoms with E-state index in [1.165, 1.54) is 24.4 Å². The Kier molecular flexibility index (Phi) is 6.88. The van der Waals surface area contributed by atoms with Gasteiger partial charge in [0.2, 0.25) is 5.91 Å². The van der Waals surface area contributed by atoms with Crippen LogP contribution in [0, 0.1) is 5.82 Å². The van der Waals surface area contributed by atoms with Crippen molar-refractivity contribution >= 4 is 26.6 Å². The summed E-state index contributed by atoms with van der Waals surface area (Å²) in [6, 6.07) is 12.7. The summed E-state index contributed by atoms with van der Waals surface area (Å²) in [4.78, 5) is 14.9. The highest BCUT2D eigenvalue weighted by Crippen LogP contribution is 2.28. The number of carbonyl (C=O) groups is 1. The molecule has 0 saturated carbocycles. The normalized spacial score (nSPS) is 15.2. The number of rotatable bonds is 8. The van der Waals surface area contributed by atoms with Crippen LogP contribution in [0.1, 0.15) is 5.56 Å². The lowest BCUT2D eigenvalue weighted by Crippen LogP contribution is -2.41. The zero-order valence-electron chi connectivity index (χ0n) is 17.7. The first kappa shape index (κ1) is 22.4. The van der Waals surface area contributed by atoms with Crippen LogP contribution >= 0.6 is 0 Å². The molecular formula is C23H26FN3O4S. The van der Waals surface area contributed by atoms with Crippen LogP contribution in [0.3, 0.4) is 0 Å². The number of hydrogen-bond donors (Lipinski definition) is 1. The summed E-state index contributed by atoms with van der Waals surface area (Å²) in [5, 5.41) is 3.45. The summed E-state index contributed by atoms with van der Waals surface area (Å²) in [5.74, 6) is -0.980. The van der Waals surface area contributed by atoms with Crippen molar-refractivity contribution in [3.05, 3.63) is 66.1 Å². The second-order valence-corrected chi connectivity index (χ2v) is 9.79. The molecule has 1 aliphatic rings. The molecule has 2 aromatic carbocycles. The van der Waals surface area contributed by atoms with Crippen molar-refractivity contribution < 1.29 is 22.3 Å². The highest BCUT2D eigenvalue weighted by atomic mass is 32.2. The number of nitrogens with one attached hydrogen (secondary N) is 1. The van der Waals surface area contributed by atoms with Crippen molar-refractivity contribution in [2.24, 2.45) is 0 Å². The largest absolute Gasteiger partial charge is 0.379 e. The minimum atomic E-state index is -3.74. The highest BCUT2D eigenvalue weighted by molar-refractivity contribution is 7.90. The van der Waals surface area contributed by atoms with Crippen LogP contribution in [0.2, 0.25) is 0 Å². The fraction of sp³-hybridized carbons (Fsp3) is 0.348. The van der Waals surface area contributed by atoms with Gasteiger partial charge in [0.05, 0.1) is 23.9 Å². The fourth-order valence-corrected chi connectivity index (χ4v) is 5.47. The van der Waals surface area contributed by atoms with Gasteiger partial charge in [-0.15, -0.1) is 0 Å². The Bertz CT molecular complexity index is 1200. The van der Waals surface area contributed by atoms with Crippen LogP contribution in [0.15, 0.2) is 59.6 Å². The lowest BCUT2D eigenvalue weighted by molar-refractivity contribution is -0.121. The van der Waals surface area contributed by atoms with E-state index in [4.69, 9.17) is 4.74 Å². The average Bonchev–Trinajstić information content (AvgIpc) is 3.14. The van der Waals surface area contributed by atoms with Gasteiger partial charge in [-0.05, 0) is 23.8 Å². The molecule has 1 N–H and O–H groups in total. The molecule has 0 bridgehead atoms. The monoisotopic (exact) mass is 459 g/mol. The minimum Gasteiger partial charge on any atom is -0.379 e. The SMILES string of the molecule is O=C(Cn1cc(S(=O)(=O)Cc2cccc(F)c2)c2ccccc21)NCCN1CCOCC1. The molecule has 4 rings (SSSR count). The van der Waals surface area contributed by atoms with E-state index < -0.39 is 15.7 Å². The molecular weight excluding hydrogens is 433 g/mol. The molecule has 1 aliphatic heterocycles. The van der Waals surface area contributed by atoms with E-state index in [9.17, 15) is 17.6 Å². The summed E-state index contributed by atoms with van der Waals surface area (Å²) in [5.41, 5.74) is 1.04. The molecule has 2 heterocycles. The van der Waals surface area contributed by atoms with E-state index in [-0.39, 0.29) is 23.1 Å². The molecule has 1 fully saturated rings. The van der Waals surface area contributed by atoms with Crippen molar-refractivity contribution in [1.29, 1.82) is 0 Å². The zero-order chi connectivity index (χ0) is 22.6. The van der Waals surface area contributed by atoms with Gasteiger partial charge in [-0.2, -0.15) is 0 Å². The van der Waals surface area contributed by atoms with E-state index in [1.807, 2.05) is 0 Å². The molecule has 3 aromatic rings. The number of nitrogens with zero attached hydrogens (tertiary/aromatic N) is 2. The number of benzene rings is 2. The van der Waals surface area contributed by atoms with Gasteiger partial charge in [0.1, 0.15) is 12.4 Å². The molecule has 0 unspecified atom stereocenters. The highest BCUT2D eigenvalue weighted by Gasteiger charge is 2.22. The summed E-state index contributed by atoms with van der Waals surface area (Å²) in [7, 11) is -3.74. The van der Waals surface area contributed by atoms with Gasteiger partial charge >= 0.3 is 0 Å². The first-order valence-corrected chi connectivity index (χ1v) is 12.2. The van der Waals surface area contributed by atoms with Crippen molar-refractivity contribution in [2.75, 3.05) is 39.4 Å². The topological polar surface area (TPSA) is 80.6 Å². The number of hydrogen-bond acceptors (Lipinski definition) is 5. The predicted octanol–water partition coefficient (Wildman–Crippen LogP) is 2.20. The second kappa shape index (κ2) is 9.81. The molecule has 7 nitrogen and oxygen atoms in total. The van der Waals surface area contributed by atoms with Crippen LogP contribution in [0.4, 0.5) is 4.39 Å². The molecule has 170 valence electrons. The standard InChI is InChI=1S/C23H26FN3O4S/c24-19-5-3-4-18(14-19)17-32(29,30)22-15-27(21-7-2-1-6-20(21)22)16-23(28)25-8-9-26-10-12-31-13-11-26/h1-7,14-15H,8-13,16-17H2,(H,25,28). The molecule has 9 heteroatoms. The van der Waals surface area contributed by atoms with Crippen LogP contribution in [-0.4, -0.2) is 63.2 Å². The van der Waals surface area contributed by atoms with Gasteiger partial charge in [0.15, 0.2) is 9.84 Å². The van der Waals surface area contributed by atoms with Crippen molar-refractivity contribution in [3.63, 3.8) is 0 Å². The quantitative estimate of drug-likeness (QED) is 0.559. The van der Waals surface area contributed by atoms with E-state index in [1.54, 1.807) is 34.9 Å². The average molecular weight is 460 g/mol. The Morgan fingerprint density at radius 2 is 1.88 bits per heavy atom. The molecule has 32 heavy (non-hydrogen) atoms. The van der Waals surface area contributed by atoms with E-state index in [0.717, 1.165) is 19.6 Å². The third kappa shape index (κ3) is 5.35. The van der Waals surface area contributed by atoms with Crippen molar-refractivity contribution in [1.82, 2.24) is 14.8 Å². The Hall–Kier alpha value is -2.75. The van der Waals surface area contributed by atoms with E-state index >= 15 is 0 Å². The summed E-state index contributed by atoms with van der Waals surface area (Å²) in [6.07, 6.45) is 1.50. The maximum atomic E-state index is 13.5. The first-order valence-electron chi connectivity index (χ1n) is 10.5. The number of aromatic nitrogens is 1. The Morgan fingerprint density at radius 1 is 1.09 bits per heavy atom. The van der Waals surface area contributed by atoms with E-state index in [2.05, 4.69) is 10.2 Å². The number of para-hydroxylation sites is 1. The third-order valence-corrected chi connectivity index (χ3v) is 7.21. The molecule has 0 spiro atoms. The fourth-order valence-electron chi connectivity index (χ4n) is 3.90. The molecule has 0 atom stereocenters. The summed E-state index contributed by atoms with van der Waals surface area (Å²) >= 11 is 0. The number of carbonyl (C=O) groups excluding carboxylic acids is 1. The first-order chi connectivity index (χ1) is 15.4. The summed E-state index contributed by atoms with van der Waals surface area (Å²) < 4.78 is 46.7. The van der Waals surface area contributed by atoms with Crippen molar-refractivity contribution in [3.8, 4) is 0 Å². The third-order valence-electron chi connectivity index (χ3n) is 5.50. The number of fused-ring (bicyclic) bond motifs is 1. The van der Waals surface area contributed by atoms with Gasteiger partial charge in [-0.1, -0.05) is 30.3 Å². The van der Waals surface area contributed by atoms with Gasteiger partial charge in [0, 0.05) is 43.3 Å². The zero-order valence-corrected chi connectivity index (χ0v) is 18.5. The summed E-state index contributed by atoms with van der Waals surface area (Å²) in [6.45, 7) is 4.39. The maximum Gasteiger partial charge on any atom is 0.239 e. The van der Waals surface area contributed by atoms with Gasteiger partial charge in [0.25, 0.3) is 0 Å². The lowest BCUT2D eigenvalue weighted by atomic mass is 10.2. The van der Waals surface area contributed by atoms with Crippen LogP contribution in [0.25, 0.3) is 10.9 Å². The molecule has 1 saturated heterocycles. The molecule has 0 radical (unpaired) electrons. The number of morpholine rings is 1.